The Bertz CT molecular complexity index is 1290. The summed E-state index contributed by atoms with van der Waals surface area (Å²) in [5, 5.41) is 9.90. The van der Waals surface area contributed by atoms with Gasteiger partial charge in [0.15, 0.2) is 5.82 Å². The van der Waals surface area contributed by atoms with Crippen LogP contribution in [-0.4, -0.2) is 33.0 Å². The molecule has 7 nitrogen and oxygen atoms in total. The molecule has 2 aromatic carbocycles. The van der Waals surface area contributed by atoms with Crippen LogP contribution in [0.5, 0.6) is 5.75 Å². The SMILES string of the molecule is COc1c(-c2ccccc2)ccc(C(=O)Nc2cnc(-n3nccn3)c(C(F)(F)F)c2)c1C. The predicted molar refractivity (Wildman–Crippen MR) is 115 cm³/mol. The van der Waals surface area contributed by atoms with Crippen LogP contribution in [0.2, 0.25) is 0 Å². The fourth-order valence-electron chi connectivity index (χ4n) is 3.46. The van der Waals surface area contributed by atoms with E-state index in [1.165, 1.54) is 19.5 Å². The van der Waals surface area contributed by atoms with E-state index in [9.17, 15) is 18.0 Å². The minimum absolute atomic E-state index is 0.117. The molecule has 0 bridgehead atoms. The van der Waals surface area contributed by atoms with Crippen LogP contribution in [0.1, 0.15) is 21.5 Å². The van der Waals surface area contributed by atoms with E-state index in [0.29, 0.717) is 11.3 Å². The number of pyridine rings is 1. The number of alkyl halides is 3. The Morgan fingerprint density at radius 3 is 2.39 bits per heavy atom. The molecule has 0 aliphatic heterocycles. The average molecular weight is 453 g/mol. The van der Waals surface area contributed by atoms with E-state index >= 15 is 0 Å². The molecule has 0 atom stereocenters. The molecule has 10 heteroatoms. The zero-order valence-electron chi connectivity index (χ0n) is 17.6. The van der Waals surface area contributed by atoms with Crippen LogP contribution in [0, 0.1) is 6.92 Å². The lowest BCUT2D eigenvalue weighted by atomic mass is 9.97. The number of hydrogen-bond donors (Lipinski definition) is 1. The molecule has 0 aliphatic rings. The summed E-state index contributed by atoms with van der Waals surface area (Å²) in [5.74, 6) is -0.580. The first kappa shape index (κ1) is 22.0. The summed E-state index contributed by atoms with van der Waals surface area (Å²) >= 11 is 0. The van der Waals surface area contributed by atoms with Crippen molar-refractivity contribution in [1.82, 2.24) is 20.0 Å². The second kappa shape index (κ2) is 8.73. The number of benzene rings is 2. The highest BCUT2D eigenvalue weighted by molar-refractivity contribution is 6.06. The third-order valence-electron chi connectivity index (χ3n) is 4.98. The highest BCUT2D eigenvalue weighted by atomic mass is 19.4. The molecule has 4 aromatic rings. The first-order valence-corrected chi connectivity index (χ1v) is 9.78. The molecule has 0 fully saturated rings. The van der Waals surface area contributed by atoms with Crippen molar-refractivity contribution in [2.75, 3.05) is 12.4 Å². The Labute approximate surface area is 186 Å². The van der Waals surface area contributed by atoms with Crippen molar-refractivity contribution in [3.63, 3.8) is 0 Å². The standard InChI is InChI=1S/C23H18F3N5O2/c1-14-17(8-9-18(20(14)33-2)15-6-4-3-5-7-15)22(32)30-16-12-19(23(24,25)26)21(27-13-16)31-28-10-11-29-31/h3-13H,1-2H3,(H,30,32). The number of hydrogen-bond acceptors (Lipinski definition) is 5. The highest BCUT2D eigenvalue weighted by Gasteiger charge is 2.36. The normalized spacial score (nSPS) is 11.3. The minimum Gasteiger partial charge on any atom is -0.496 e. The van der Waals surface area contributed by atoms with Crippen LogP contribution in [-0.2, 0) is 6.18 Å². The van der Waals surface area contributed by atoms with Gasteiger partial charge in [-0.05, 0) is 30.7 Å². The molecule has 1 N–H and O–H groups in total. The topological polar surface area (TPSA) is 81.9 Å². The van der Waals surface area contributed by atoms with E-state index in [-0.39, 0.29) is 11.3 Å². The van der Waals surface area contributed by atoms with E-state index in [2.05, 4.69) is 20.5 Å². The first-order valence-electron chi connectivity index (χ1n) is 9.78. The molecule has 0 radical (unpaired) electrons. The summed E-state index contributed by atoms with van der Waals surface area (Å²) in [5.41, 5.74) is 1.32. The lowest BCUT2D eigenvalue weighted by Gasteiger charge is -2.16. The van der Waals surface area contributed by atoms with Gasteiger partial charge in [-0.2, -0.15) is 23.4 Å². The van der Waals surface area contributed by atoms with Crippen molar-refractivity contribution in [3.05, 3.63) is 83.8 Å². The largest absolute Gasteiger partial charge is 0.496 e. The monoisotopic (exact) mass is 453 g/mol. The van der Waals surface area contributed by atoms with Gasteiger partial charge in [0.1, 0.15) is 11.3 Å². The number of carbonyl (C=O) groups excluding carboxylic acids is 1. The molecule has 0 saturated heterocycles. The van der Waals surface area contributed by atoms with Crippen LogP contribution in [0.4, 0.5) is 18.9 Å². The van der Waals surface area contributed by atoms with Gasteiger partial charge in [0.2, 0.25) is 0 Å². The molecule has 0 aliphatic carbocycles. The van der Waals surface area contributed by atoms with Crippen LogP contribution >= 0.6 is 0 Å². The van der Waals surface area contributed by atoms with E-state index in [4.69, 9.17) is 4.74 Å². The first-order chi connectivity index (χ1) is 15.8. The summed E-state index contributed by atoms with van der Waals surface area (Å²) in [4.78, 5) is 17.5. The van der Waals surface area contributed by atoms with Crippen LogP contribution in [0.25, 0.3) is 16.9 Å². The number of ether oxygens (including phenoxy) is 1. The van der Waals surface area contributed by atoms with Crippen molar-refractivity contribution < 1.29 is 22.7 Å². The molecule has 168 valence electrons. The Balaban J connectivity index is 1.67. The molecule has 4 rings (SSSR count). The second-order valence-corrected chi connectivity index (χ2v) is 7.05. The summed E-state index contributed by atoms with van der Waals surface area (Å²) in [6.07, 6.45) is -1.12. The van der Waals surface area contributed by atoms with Gasteiger partial charge in [0.05, 0.1) is 31.4 Å². The van der Waals surface area contributed by atoms with E-state index < -0.39 is 23.5 Å². The Kier molecular flexibility index (Phi) is 5.82. The molecular weight excluding hydrogens is 435 g/mol. The van der Waals surface area contributed by atoms with Gasteiger partial charge < -0.3 is 10.1 Å². The summed E-state index contributed by atoms with van der Waals surface area (Å²) in [7, 11) is 1.50. The Morgan fingerprint density at radius 2 is 1.76 bits per heavy atom. The lowest BCUT2D eigenvalue weighted by molar-refractivity contribution is -0.137. The predicted octanol–water partition coefficient (Wildman–Crippen LogP) is 4.92. The molecule has 0 spiro atoms. The van der Waals surface area contributed by atoms with Crippen LogP contribution < -0.4 is 10.1 Å². The number of nitrogens with one attached hydrogen (secondary N) is 1. The molecule has 2 aromatic heterocycles. The minimum atomic E-state index is -4.73. The molecule has 1 amide bonds. The fourth-order valence-corrected chi connectivity index (χ4v) is 3.46. The second-order valence-electron chi connectivity index (χ2n) is 7.05. The lowest BCUT2D eigenvalue weighted by Crippen LogP contribution is -2.18. The maximum atomic E-state index is 13.6. The fraction of sp³-hybridized carbons (Fsp3) is 0.130. The van der Waals surface area contributed by atoms with Gasteiger partial charge in [0, 0.05) is 16.7 Å². The zero-order valence-corrected chi connectivity index (χ0v) is 17.6. The Morgan fingerprint density at radius 1 is 1.06 bits per heavy atom. The number of nitrogens with zero attached hydrogens (tertiary/aromatic N) is 4. The number of amides is 1. The number of carbonyl (C=O) groups is 1. The van der Waals surface area contributed by atoms with Crippen molar-refractivity contribution in [2.45, 2.75) is 13.1 Å². The number of halogens is 3. The molecule has 0 unspecified atom stereocenters. The number of rotatable bonds is 5. The van der Waals surface area contributed by atoms with Gasteiger partial charge in [0.25, 0.3) is 5.91 Å². The average Bonchev–Trinajstić information content (AvgIpc) is 3.33. The molecule has 33 heavy (non-hydrogen) atoms. The zero-order chi connectivity index (χ0) is 23.6. The summed E-state index contributed by atoms with van der Waals surface area (Å²) < 4.78 is 46.4. The highest BCUT2D eigenvalue weighted by Crippen LogP contribution is 2.36. The quantitative estimate of drug-likeness (QED) is 0.464. The number of methoxy groups -OCH3 is 1. The van der Waals surface area contributed by atoms with Crippen LogP contribution in [0.15, 0.2) is 67.1 Å². The van der Waals surface area contributed by atoms with Crippen molar-refractivity contribution >= 4 is 11.6 Å². The van der Waals surface area contributed by atoms with Crippen molar-refractivity contribution in [1.29, 1.82) is 0 Å². The van der Waals surface area contributed by atoms with Gasteiger partial charge in [-0.3, -0.25) is 4.79 Å². The van der Waals surface area contributed by atoms with Gasteiger partial charge >= 0.3 is 6.18 Å². The van der Waals surface area contributed by atoms with Gasteiger partial charge in [-0.1, -0.05) is 30.3 Å². The van der Waals surface area contributed by atoms with E-state index in [1.54, 1.807) is 19.1 Å². The molecular formula is C23H18F3N5O2. The van der Waals surface area contributed by atoms with Crippen LogP contribution in [0.3, 0.4) is 0 Å². The Hall–Kier alpha value is -4.21. The summed E-state index contributed by atoms with van der Waals surface area (Å²) in [6.45, 7) is 1.71. The third-order valence-corrected chi connectivity index (χ3v) is 4.98. The third kappa shape index (κ3) is 4.40. The van der Waals surface area contributed by atoms with Crippen molar-refractivity contribution in [3.8, 4) is 22.7 Å². The number of aromatic nitrogens is 4. The number of anilines is 1. The van der Waals surface area contributed by atoms with E-state index in [1.807, 2.05) is 30.3 Å². The van der Waals surface area contributed by atoms with Gasteiger partial charge in [-0.25, -0.2) is 4.98 Å². The summed E-state index contributed by atoms with van der Waals surface area (Å²) in [6, 6.07) is 13.6. The molecule has 0 saturated carbocycles. The van der Waals surface area contributed by atoms with Gasteiger partial charge in [-0.15, -0.1) is 4.80 Å². The maximum Gasteiger partial charge on any atom is 0.420 e. The molecule has 2 heterocycles. The smallest absolute Gasteiger partial charge is 0.420 e. The van der Waals surface area contributed by atoms with Crippen molar-refractivity contribution in [2.24, 2.45) is 0 Å². The van der Waals surface area contributed by atoms with E-state index in [0.717, 1.165) is 28.2 Å². The maximum absolute atomic E-state index is 13.6.